The van der Waals surface area contributed by atoms with Crippen molar-refractivity contribution < 1.29 is 10.2 Å². The van der Waals surface area contributed by atoms with Crippen molar-refractivity contribution in [2.24, 2.45) is 24.3 Å². The van der Waals surface area contributed by atoms with Crippen LogP contribution in [0, 0.1) is 24.2 Å². The number of aromatic hydroxyl groups is 1. The zero-order valence-corrected chi connectivity index (χ0v) is 17.0. The molecule has 1 aromatic carbocycles. The topological polar surface area (TPSA) is 58.3 Å². The Labute approximate surface area is 166 Å². The second-order valence-electron chi connectivity index (χ2n) is 9.51. The molecule has 1 aromatic heterocycles. The number of aryl methyl sites for hydroxylation is 3. The number of phenolic OH excluding ortho intramolecular Hbond substituents is 1. The molecule has 0 unspecified atom stereocenters. The summed E-state index contributed by atoms with van der Waals surface area (Å²) >= 11 is 0. The maximum Gasteiger partial charge on any atom is 0.115 e. The lowest BCUT2D eigenvalue weighted by molar-refractivity contribution is -0.0158. The lowest BCUT2D eigenvalue weighted by atomic mass is 9.55. The Morgan fingerprint density at radius 3 is 2.86 bits per heavy atom. The number of aliphatic hydroxyl groups is 1. The van der Waals surface area contributed by atoms with Gasteiger partial charge in [-0.2, -0.15) is 5.10 Å². The standard InChI is InChI=1S/C24H30N2O2/c1-14-17(13-26(3)25-14)10-16-12-22-21-6-4-15-11-18(27)5-7-19(15)20(21)8-9-24(22,2)23(16)28/h5,7,10-11,13,20-23,27-28H,4,6,8-9,12H2,1-3H3/b16-10+/t20-,21+,22+,23-,24+/m0/s1. The minimum atomic E-state index is -0.362. The minimum Gasteiger partial charge on any atom is -0.508 e. The molecule has 4 nitrogen and oxygen atoms in total. The van der Waals surface area contributed by atoms with E-state index in [0.717, 1.165) is 43.4 Å². The zero-order chi connectivity index (χ0) is 19.6. The Balaban J connectivity index is 1.49. The fourth-order valence-corrected chi connectivity index (χ4v) is 6.53. The van der Waals surface area contributed by atoms with Crippen LogP contribution in [-0.2, 0) is 13.5 Å². The number of nitrogens with zero attached hydrogens (tertiary/aromatic N) is 2. The normalized spacial score (nSPS) is 35.5. The Kier molecular flexibility index (Phi) is 3.99. The number of rotatable bonds is 1. The Bertz CT molecular complexity index is 960. The molecule has 5 rings (SSSR count). The van der Waals surface area contributed by atoms with Gasteiger partial charge in [0.05, 0.1) is 11.8 Å². The lowest BCUT2D eigenvalue weighted by Gasteiger charge is -2.49. The van der Waals surface area contributed by atoms with Crippen molar-refractivity contribution in [3.63, 3.8) is 0 Å². The Morgan fingerprint density at radius 2 is 2.11 bits per heavy atom. The van der Waals surface area contributed by atoms with E-state index in [1.54, 1.807) is 0 Å². The third-order valence-corrected chi connectivity index (χ3v) is 7.97. The van der Waals surface area contributed by atoms with E-state index in [1.807, 2.05) is 37.0 Å². The molecule has 1 heterocycles. The summed E-state index contributed by atoms with van der Waals surface area (Å²) in [5.74, 6) is 2.08. The van der Waals surface area contributed by atoms with Crippen LogP contribution in [0.25, 0.3) is 6.08 Å². The molecule has 4 heteroatoms. The smallest absolute Gasteiger partial charge is 0.115 e. The van der Waals surface area contributed by atoms with Crippen molar-refractivity contribution >= 4 is 6.08 Å². The summed E-state index contributed by atoms with van der Waals surface area (Å²) in [6, 6.07) is 5.94. The second kappa shape index (κ2) is 6.21. The van der Waals surface area contributed by atoms with Gasteiger partial charge in [0, 0.05) is 24.2 Å². The predicted octanol–water partition coefficient (Wildman–Crippen LogP) is 4.34. The molecule has 2 fully saturated rings. The van der Waals surface area contributed by atoms with Gasteiger partial charge in [-0.25, -0.2) is 0 Å². The van der Waals surface area contributed by atoms with Crippen molar-refractivity contribution in [2.75, 3.05) is 0 Å². The van der Waals surface area contributed by atoms with Gasteiger partial charge in [-0.15, -0.1) is 0 Å². The van der Waals surface area contributed by atoms with Gasteiger partial charge in [-0.3, -0.25) is 4.68 Å². The van der Waals surface area contributed by atoms with E-state index in [9.17, 15) is 10.2 Å². The molecule has 0 spiro atoms. The van der Waals surface area contributed by atoms with Gasteiger partial charge >= 0.3 is 0 Å². The van der Waals surface area contributed by atoms with Crippen molar-refractivity contribution in [1.82, 2.24) is 9.78 Å². The molecule has 3 aliphatic rings. The number of aromatic nitrogens is 2. The highest BCUT2D eigenvalue weighted by Crippen LogP contribution is 2.62. The molecule has 2 N–H and O–H groups in total. The van der Waals surface area contributed by atoms with Gasteiger partial charge in [0.2, 0.25) is 0 Å². The molecule has 28 heavy (non-hydrogen) atoms. The quantitative estimate of drug-likeness (QED) is 0.776. The summed E-state index contributed by atoms with van der Waals surface area (Å²) in [5.41, 5.74) is 6.06. The first kappa shape index (κ1) is 18.0. The van der Waals surface area contributed by atoms with Gasteiger partial charge in [-0.1, -0.05) is 13.0 Å². The summed E-state index contributed by atoms with van der Waals surface area (Å²) in [5, 5.41) is 25.6. The first-order valence-electron chi connectivity index (χ1n) is 10.6. The molecule has 0 saturated heterocycles. The molecule has 0 aliphatic heterocycles. The van der Waals surface area contributed by atoms with Gasteiger partial charge in [0.1, 0.15) is 5.75 Å². The third-order valence-electron chi connectivity index (χ3n) is 7.97. The first-order valence-corrected chi connectivity index (χ1v) is 10.6. The zero-order valence-electron chi connectivity index (χ0n) is 17.0. The average molecular weight is 379 g/mol. The monoisotopic (exact) mass is 378 g/mol. The largest absolute Gasteiger partial charge is 0.508 e. The molecule has 0 bridgehead atoms. The maximum absolute atomic E-state index is 11.3. The number of phenols is 1. The molecule has 5 atom stereocenters. The van der Waals surface area contributed by atoms with Crippen LogP contribution in [-0.4, -0.2) is 26.1 Å². The number of hydrogen-bond donors (Lipinski definition) is 2. The molecule has 148 valence electrons. The van der Waals surface area contributed by atoms with E-state index in [0.29, 0.717) is 23.5 Å². The molecule has 3 aliphatic carbocycles. The van der Waals surface area contributed by atoms with E-state index in [-0.39, 0.29) is 11.5 Å². The van der Waals surface area contributed by atoms with Crippen LogP contribution in [0.5, 0.6) is 5.75 Å². The third kappa shape index (κ3) is 2.57. The van der Waals surface area contributed by atoms with Gasteiger partial charge in [0.15, 0.2) is 0 Å². The Morgan fingerprint density at radius 1 is 1.29 bits per heavy atom. The van der Waals surface area contributed by atoms with Crippen molar-refractivity contribution in [3.8, 4) is 5.75 Å². The fraction of sp³-hybridized carbons (Fsp3) is 0.542. The lowest BCUT2D eigenvalue weighted by Crippen LogP contribution is -2.44. The highest BCUT2D eigenvalue weighted by molar-refractivity contribution is 5.57. The molecule has 2 aromatic rings. The van der Waals surface area contributed by atoms with Gasteiger partial charge < -0.3 is 10.2 Å². The maximum atomic E-state index is 11.3. The molecule has 0 radical (unpaired) electrons. The summed E-state index contributed by atoms with van der Waals surface area (Å²) < 4.78 is 1.85. The van der Waals surface area contributed by atoms with Crippen LogP contribution in [0.15, 0.2) is 30.0 Å². The van der Waals surface area contributed by atoms with Gasteiger partial charge in [0.25, 0.3) is 0 Å². The number of benzene rings is 1. The SMILES string of the molecule is Cc1nn(C)cc1/C=C1\C[C@@H]2[C@@H]3CCc4cc(O)ccc4[C@@H]3CC[C@@]2(C)[C@H]1O. The minimum absolute atomic E-state index is 0.0302. The van der Waals surface area contributed by atoms with Crippen molar-refractivity contribution in [1.29, 1.82) is 0 Å². The highest BCUT2D eigenvalue weighted by Gasteiger charge is 2.56. The van der Waals surface area contributed by atoms with E-state index < -0.39 is 0 Å². The molecular weight excluding hydrogens is 348 g/mol. The predicted molar refractivity (Wildman–Crippen MR) is 110 cm³/mol. The Hall–Kier alpha value is -2.07. The van der Waals surface area contributed by atoms with E-state index in [1.165, 1.54) is 16.7 Å². The summed E-state index contributed by atoms with van der Waals surface area (Å²) in [7, 11) is 1.95. The highest BCUT2D eigenvalue weighted by atomic mass is 16.3. The molecular formula is C24H30N2O2. The average Bonchev–Trinajstić information content (AvgIpc) is 3.11. The number of fused-ring (bicyclic) bond motifs is 5. The number of hydrogen-bond acceptors (Lipinski definition) is 3. The van der Waals surface area contributed by atoms with Crippen LogP contribution < -0.4 is 0 Å². The second-order valence-corrected chi connectivity index (χ2v) is 9.51. The van der Waals surface area contributed by atoms with Crippen LogP contribution in [0.1, 0.15) is 60.9 Å². The summed E-state index contributed by atoms with van der Waals surface area (Å²) in [4.78, 5) is 0. The van der Waals surface area contributed by atoms with E-state index >= 15 is 0 Å². The van der Waals surface area contributed by atoms with Crippen LogP contribution in [0.2, 0.25) is 0 Å². The summed E-state index contributed by atoms with van der Waals surface area (Å²) in [6.07, 6.45) is 9.25. The summed E-state index contributed by atoms with van der Waals surface area (Å²) in [6.45, 7) is 4.34. The molecule has 2 saturated carbocycles. The van der Waals surface area contributed by atoms with Crippen molar-refractivity contribution in [3.05, 3.63) is 52.4 Å². The molecule has 0 amide bonds. The van der Waals surface area contributed by atoms with E-state index in [4.69, 9.17) is 0 Å². The fourth-order valence-electron chi connectivity index (χ4n) is 6.53. The van der Waals surface area contributed by atoms with Crippen molar-refractivity contribution in [2.45, 2.75) is 58.0 Å². The first-order chi connectivity index (χ1) is 13.4. The van der Waals surface area contributed by atoms with E-state index in [2.05, 4.69) is 24.2 Å². The number of aliphatic hydroxyl groups excluding tert-OH is 1. The van der Waals surface area contributed by atoms with Crippen LogP contribution in [0.3, 0.4) is 0 Å². The van der Waals surface area contributed by atoms with Crippen LogP contribution in [0.4, 0.5) is 0 Å². The van der Waals surface area contributed by atoms with Crippen LogP contribution >= 0.6 is 0 Å². The van der Waals surface area contributed by atoms with Gasteiger partial charge in [-0.05, 0) is 91.7 Å².